The maximum absolute atomic E-state index is 13.9. The highest BCUT2D eigenvalue weighted by atomic mass is 19.4. The van der Waals surface area contributed by atoms with E-state index in [-0.39, 0.29) is 35.1 Å². The quantitative estimate of drug-likeness (QED) is 0.268. The maximum atomic E-state index is 13.9. The summed E-state index contributed by atoms with van der Waals surface area (Å²) in [6.07, 6.45) is -10.1. The van der Waals surface area contributed by atoms with Gasteiger partial charge in [0, 0.05) is 22.3 Å². The molecule has 0 aliphatic rings. The van der Waals surface area contributed by atoms with Crippen molar-refractivity contribution in [2.75, 3.05) is 0 Å². The van der Waals surface area contributed by atoms with Crippen LogP contribution in [-0.2, 0) is 25.2 Å². The molecule has 0 saturated carbocycles. The molecule has 3 rings (SSSR count). The van der Waals surface area contributed by atoms with Gasteiger partial charge in [-0.25, -0.2) is 8.78 Å². The standard InChI is InChI=1S/C28H12F8N2/c29-25-13-17(3-7-23(25)27(31,32)33)1-5-19-15-20(22(10-12-38)16-21(19)9-11-37)6-2-18-4-8-24(26(30)14-18)28(34,35)36/h3-4,7-8,13-16H,9-10H2. The average Bonchev–Trinajstić information content (AvgIpc) is 2.81. The van der Waals surface area contributed by atoms with Crippen LogP contribution in [0.2, 0.25) is 0 Å². The summed E-state index contributed by atoms with van der Waals surface area (Å²) in [4.78, 5) is 0. The van der Waals surface area contributed by atoms with E-state index >= 15 is 0 Å². The Morgan fingerprint density at radius 3 is 1.26 bits per heavy atom. The molecule has 0 aromatic heterocycles. The van der Waals surface area contributed by atoms with Crippen LogP contribution in [0.15, 0.2) is 48.5 Å². The van der Waals surface area contributed by atoms with Gasteiger partial charge in [0.2, 0.25) is 0 Å². The normalized spacial score (nSPS) is 10.9. The van der Waals surface area contributed by atoms with Gasteiger partial charge in [-0.3, -0.25) is 0 Å². The van der Waals surface area contributed by atoms with Crippen molar-refractivity contribution in [3.05, 3.63) is 105 Å². The third-order valence-corrected chi connectivity index (χ3v) is 5.10. The van der Waals surface area contributed by atoms with E-state index in [2.05, 4.69) is 23.7 Å². The van der Waals surface area contributed by atoms with E-state index in [1.165, 1.54) is 12.1 Å². The summed E-state index contributed by atoms with van der Waals surface area (Å²) in [5.74, 6) is 7.33. The highest BCUT2D eigenvalue weighted by molar-refractivity contribution is 5.57. The number of hydrogen-bond donors (Lipinski definition) is 0. The van der Waals surface area contributed by atoms with Crippen LogP contribution in [0.25, 0.3) is 0 Å². The first-order valence-corrected chi connectivity index (χ1v) is 10.5. The molecule has 190 valence electrons. The van der Waals surface area contributed by atoms with E-state index in [0.29, 0.717) is 35.4 Å². The summed E-state index contributed by atoms with van der Waals surface area (Å²) < 4.78 is 105. The summed E-state index contributed by atoms with van der Waals surface area (Å²) in [6, 6.07) is 11.0. The predicted octanol–water partition coefficient (Wildman–Crippen LogP) is 6.93. The Kier molecular flexibility index (Phi) is 8.10. The topological polar surface area (TPSA) is 47.6 Å². The van der Waals surface area contributed by atoms with Crippen LogP contribution >= 0.6 is 0 Å². The summed E-state index contributed by atoms with van der Waals surface area (Å²) >= 11 is 0. The van der Waals surface area contributed by atoms with Gasteiger partial charge in [-0.05, 0) is 53.6 Å². The average molecular weight is 528 g/mol. The minimum absolute atomic E-state index is 0.0765. The number of benzene rings is 3. The number of hydrogen-bond acceptors (Lipinski definition) is 2. The van der Waals surface area contributed by atoms with Gasteiger partial charge in [0.25, 0.3) is 0 Å². The lowest BCUT2D eigenvalue weighted by Crippen LogP contribution is -2.07. The van der Waals surface area contributed by atoms with Crippen molar-refractivity contribution in [3.8, 4) is 35.8 Å². The van der Waals surface area contributed by atoms with Crippen LogP contribution < -0.4 is 0 Å². The molecular formula is C28H12F8N2. The Balaban J connectivity index is 2.07. The van der Waals surface area contributed by atoms with Crippen LogP contribution in [-0.4, -0.2) is 0 Å². The Morgan fingerprint density at radius 1 is 0.553 bits per heavy atom. The van der Waals surface area contributed by atoms with Gasteiger partial charge in [-0.1, -0.05) is 29.7 Å². The van der Waals surface area contributed by atoms with E-state index in [4.69, 9.17) is 10.5 Å². The Morgan fingerprint density at radius 2 is 0.947 bits per heavy atom. The first kappa shape index (κ1) is 27.8. The third-order valence-electron chi connectivity index (χ3n) is 5.10. The second kappa shape index (κ2) is 11.1. The fraction of sp³-hybridized carbons (Fsp3) is 0.143. The van der Waals surface area contributed by atoms with Gasteiger partial charge in [0.15, 0.2) is 0 Å². The molecule has 0 fully saturated rings. The molecule has 3 aromatic carbocycles. The second-order valence-electron chi connectivity index (χ2n) is 7.72. The van der Waals surface area contributed by atoms with Crippen molar-refractivity contribution in [3.63, 3.8) is 0 Å². The molecule has 0 heterocycles. The van der Waals surface area contributed by atoms with Crippen LogP contribution in [0.3, 0.4) is 0 Å². The smallest absolute Gasteiger partial charge is 0.206 e. The van der Waals surface area contributed by atoms with Crippen molar-refractivity contribution in [2.45, 2.75) is 25.2 Å². The minimum atomic E-state index is -4.88. The van der Waals surface area contributed by atoms with E-state index in [9.17, 15) is 35.1 Å². The fourth-order valence-electron chi connectivity index (χ4n) is 3.32. The summed E-state index contributed by atoms with van der Waals surface area (Å²) in [7, 11) is 0. The first-order chi connectivity index (χ1) is 17.8. The number of alkyl halides is 6. The van der Waals surface area contributed by atoms with Gasteiger partial charge in [-0.2, -0.15) is 36.9 Å². The summed E-state index contributed by atoms with van der Waals surface area (Å²) in [5, 5.41) is 18.3. The predicted molar refractivity (Wildman–Crippen MR) is 120 cm³/mol. The summed E-state index contributed by atoms with van der Waals surface area (Å²) in [6.45, 7) is 0. The Hall–Kier alpha value is -4.80. The molecular weight excluding hydrogens is 516 g/mol. The lowest BCUT2D eigenvalue weighted by atomic mass is 9.95. The van der Waals surface area contributed by atoms with Crippen LogP contribution in [0.1, 0.15) is 44.5 Å². The van der Waals surface area contributed by atoms with Crippen LogP contribution in [0, 0.1) is 58.0 Å². The molecule has 0 aliphatic carbocycles. The SMILES string of the molecule is N#CCc1cc(CC#N)c(C#Cc2ccc(C(F)(F)F)c(F)c2)cc1C#Cc1ccc(C(F)(F)F)c(F)c1. The lowest BCUT2D eigenvalue weighted by molar-refractivity contribution is -0.140. The number of nitrogens with zero attached hydrogens (tertiary/aromatic N) is 2. The van der Waals surface area contributed by atoms with E-state index in [1.54, 1.807) is 0 Å². The highest BCUT2D eigenvalue weighted by Gasteiger charge is 2.34. The molecule has 0 radical (unpaired) electrons. The van der Waals surface area contributed by atoms with Gasteiger partial charge in [0.05, 0.1) is 36.1 Å². The molecule has 0 atom stereocenters. The molecule has 10 heteroatoms. The van der Waals surface area contributed by atoms with Crippen molar-refractivity contribution in [1.82, 2.24) is 0 Å². The largest absolute Gasteiger partial charge is 0.419 e. The molecule has 0 amide bonds. The Bertz CT molecular complexity index is 1480. The molecule has 3 aromatic rings. The van der Waals surface area contributed by atoms with Crippen molar-refractivity contribution in [1.29, 1.82) is 10.5 Å². The van der Waals surface area contributed by atoms with Gasteiger partial charge < -0.3 is 0 Å². The Labute approximate surface area is 211 Å². The van der Waals surface area contributed by atoms with Gasteiger partial charge in [-0.15, -0.1) is 0 Å². The molecule has 0 unspecified atom stereocenters. The zero-order valence-electron chi connectivity index (χ0n) is 19.0. The molecule has 0 bridgehead atoms. The zero-order valence-corrected chi connectivity index (χ0v) is 19.0. The van der Waals surface area contributed by atoms with Gasteiger partial charge in [0.1, 0.15) is 11.6 Å². The van der Waals surface area contributed by atoms with Crippen molar-refractivity contribution >= 4 is 0 Å². The lowest BCUT2D eigenvalue weighted by Gasteiger charge is -2.08. The second-order valence-corrected chi connectivity index (χ2v) is 7.72. The molecule has 0 saturated heterocycles. The molecule has 0 N–H and O–H groups in total. The molecule has 2 nitrogen and oxygen atoms in total. The van der Waals surface area contributed by atoms with E-state index < -0.39 is 35.1 Å². The van der Waals surface area contributed by atoms with E-state index in [0.717, 1.165) is 12.1 Å². The van der Waals surface area contributed by atoms with Crippen LogP contribution in [0.4, 0.5) is 35.1 Å². The molecule has 0 spiro atoms. The van der Waals surface area contributed by atoms with E-state index in [1.807, 2.05) is 12.1 Å². The molecule has 0 aliphatic heterocycles. The summed E-state index contributed by atoms with van der Waals surface area (Å²) in [5.41, 5.74) is -1.92. The fourth-order valence-corrected chi connectivity index (χ4v) is 3.32. The molecule has 38 heavy (non-hydrogen) atoms. The highest BCUT2D eigenvalue weighted by Crippen LogP contribution is 2.32. The van der Waals surface area contributed by atoms with Crippen LogP contribution in [0.5, 0.6) is 0 Å². The maximum Gasteiger partial charge on any atom is 0.419 e. The minimum Gasteiger partial charge on any atom is -0.206 e. The monoisotopic (exact) mass is 528 g/mol. The zero-order chi connectivity index (χ0) is 28.1. The van der Waals surface area contributed by atoms with Crippen molar-refractivity contribution < 1.29 is 35.1 Å². The number of nitriles is 2. The van der Waals surface area contributed by atoms with Gasteiger partial charge >= 0.3 is 12.4 Å². The van der Waals surface area contributed by atoms with Crippen molar-refractivity contribution in [2.24, 2.45) is 0 Å². The third kappa shape index (κ3) is 6.69. The number of halogens is 8. The first-order valence-electron chi connectivity index (χ1n) is 10.5. The number of rotatable bonds is 2.